The van der Waals surface area contributed by atoms with E-state index in [0.717, 1.165) is 44.9 Å². The van der Waals surface area contributed by atoms with E-state index in [0.29, 0.717) is 26.1 Å². The minimum atomic E-state index is -0.00745. The van der Waals surface area contributed by atoms with Gasteiger partial charge >= 0.3 is 0 Å². The van der Waals surface area contributed by atoms with Gasteiger partial charge < -0.3 is 15.4 Å². The Hall–Kier alpha value is -1.88. The van der Waals surface area contributed by atoms with Gasteiger partial charge in [-0.1, -0.05) is 43.5 Å². The van der Waals surface area contributed by atoms with E-state index in [4.69, 9.17) is 4.74 Å². The average Bonchev–Trinajstić information content (AvgIpc) is 2.74. The second-order valence-corrected chi connectivity index (χ2v) is 8.03. The summed E-state index contributed by atoms with van der Waals surface area (Å²) in [4.78, 5) is 24.0. The van der Waals surface area contributed by atoms with E-state index in [1.165, 1.54) is 24.0 Å². The molecule has 0 radical (unpaired) electrons. The third-order valence-electron chi connectivity index (χ3n) is 5.90. The zero-order valence-electron chi connectivity index (χ0n) is 16.9. The van der Waals surface area contributed by atoms with Crippen molar-refractivity contribution < 1.29 is 14.3 Å². The van der Waals surface area contributed by atoms with Crippen LogP contribution in [0.25, 0.3) is 0 Å². The number of nitrogens with one attached hydrogen (secondary N) is 2. The summed E-state index contributed by atoms with van der Waals surface area (Å²) in [6, 6.07) is 8.53. The van der Waals surface area contributed by atoms with Gasteiger partial charge in [0, 0.05) is 32.0 Å². The van der Waals surface area contributed by atoms with E-state index in [1.54, 1.807) is 0 Å². The van der Waals surface area contributed by atoms with Gasteiger partial charge in [0.25, 0.3) is 0 Å². The number of fused-ring (bicyclic) bond motifs is 1. The van der Waals surface area contributed by atoms with Crippen molar-refractivity contribution in [2.24, 2.45) is 5.92 Å². The maximum atomic E-state index is 12.1. The first-order valence-corrected chi connectivity index (χ1v) is 11.0. The van der Waals surface area contributed by atoms with Crippen LogP contribution in [0.5, 0.6) is 0 Å². The highest BCUT2D eigenvalue weighted by molar-refractivity contribution is 5.80. The number of amides is 2. The van der Waals surface area contributed by atoms with Gasteiger partial charge in [-0.15, -0.1) is 0 Å². The highest BCUT2D eigenvalue weighted by Gasteiger charge is 2.21. The smallest absolute Gasteiger partial charge is 0.223 e. The average molecular weight is 387 g/mol. The molecule has 1 atom stereocenters. The molecule has 2 aliphatic rings. The minimum absolute atomic E-state index is 0.00745. The van der Waals surface area contributed by atoms with Crippen LogP contribution in [0.2, 0.25) is 0 Å². The van der Waals surface area contributed by atoms with Crippen molar-refractivity contribution in [3.63, 3.8) is 0 Å². The molecule has 1 aromatic carbocycles. The number of hydrogen-bond acceptors (Lipinski definition) is 3. The van der Waals surface area contributed by atoms with Crippen LogP contribution < -0.4 is 10.6 Å². The molecule has 1 saturated carbocycles. The Kier molecular flexibility index (Phi) is 8.34. The molecule has 0 bridgehead atoms. The van der Waals surface area contributed by atoms with Crippen LogP contribution in [0.1, 0.15) is 75.0 Å². The van der Waals surface area contributed by atoms with Gasteiger partial charge in [-0.2, -0.15) is 0 Å². The molecule has 0 saturated heterocycles. The predicted octanol–water partition coefficient (Wildman–Crippen LogP) is 3.67. The first-order valence-electron chi connectivity index (χ1n) is 11.0. The molecule has 0 aliphatic heterocycles. The van der Waals surface area contributed by atoms with E-state index in [-0.39, 0.29) is 23.8 Å². The number of hydrogen-bond donors (Lipinski definition) is 2. The zero-order valence-corrected chi connectivity index (χ0v) is 16.9. The lowest BCUT2D eigenvalue weighted by molar-refractivity contribution is -0.126. The Balaban J connectivity index is 1.24. The van der Waals surface area contributed by atoms with Crippen LogP contribution >= 0.6 is 0 Å². The Bertz CT molecular complexity index is 640. The number of aryl methyl sites for hydroxylation is 1. The van der Waals surface area contributed by atoms with Gasteiger partial charge in [-0.25, -0.2) is 0 Å². The zero-order chi connectivity index (χ0) is 19.6. The van der Waals surface area contributed by atoms with E-state index in [2.05, 4.69) is 34.9 Å². The van der Waals surface area contributed by atoms with Gasteiger partial charge in [0.15, 0.2) is 0 Å². The Morgan fingerprint density at radius 1 is 0.964 bits per heavy atom. The fourth-order valence-electron chi connectivity index (χ4n) is 4.30. The maximum absolute atomic E-state index is 12.1. The van der Waals surface area contributed by atoms with Crippen LogP contribution in [-0.4, -0.2) is 31.5 Å². The van der Waals surface area contributed by atoms with E-state index in [9.17, 15) is 9.59 Å². The van der Waals surface area contributed by atoms with Gasteiger partial charge in [0.2, 0.25) is 11.8 Å². The molecule has 28 heavy (non-hydrogen) atoms. The second kappa shape index (κ2) is 11.2. The maximum Gasteiger partial charge on any atom is 0.223 e. The summed E-state index contributed by atoms with van der Waals surface area (Å²) < 4.78 is 6.06. The highest BCUT2D eigenvalue weighted by Crippen LogP contribution is 2.32. The summed E-state index contributed by atoms with van der Waals surface area (Å²) in [6.07, 6.45) is 10.2. The molecule has 2 amide bonds. The Morgan fingerprint density at radius 3 is 2.64 bits per heavy atom. The van der Waals surface area contributed by atoms with Crippen LogP contribution in [0.15, 0.2) is 24.3 Å². The standard InChI is InChI=1S/C23H34N2O3/c26-22(14-16-25-23(27)19-9-2-1-3-10-19)24-15-7-17-28-21-13-6-11-18-8-4-5-12-20(18)21/h4-5,8,12,19,21H,1-3,6-7,9-11,13-17H2,(H,24,26)(H,25,27). The van der Waals surface area contributed by atoms with Crippen LogP contribution in [0, 0.1) is 5.92 Å². The Labute approximate surface area is 168 Å². The molecule has 1 aromatic rings. The lowest BCUT2D eigenvalue weighted by Crippen LogP contribution is -2.35. The fourth-order valence-corrected chi connectivity index (χ4v) is 4.30. The topological polar surface area (TPSA) is 67.4 Å². The summed E-state index contributed by atoms with van der Waals surface area (Å²) in [7, 11) is 0. The lowest BCUT2D eigenvalue weighted by Gasteiger charge is -2.25. The van der Waals surface area contributed by atoms with Crippen LogP contribution in [0.3, 0.4) is 0 Å². The molecule has 0 spiro atoms. The molecule has 2 N–H and O–H groups in total. The number of ether oxygens (including phenoxy) is 1. The lowest BCUT2D eigenvalue weighted by atomic mass is 9.89. The second-order valence-electron chi connectivity index (χ2n) is 8.03. The third kappa shape index (κ3) is 6.33. The molecule has 0 heterocycles. The largest absolute Gasteiger partial charge is 0.373 e. The number of rotatable bonds is 9. The molecular weight excluding hydrogens is 352 g/mol. The van der Waals surface area contributed by atoms with Crippen molar-refractivity contribution in [2.45, 2.75) is 70.3 Å². The quantitative estimate of drug-likeness (QED) is 0.636. The number of benzene rings is 1. The number of carbonyl (C=O) groups excluding carboxylic acids is 2. The SMILES string of the molecule is O=C(CCNC(=O)C1CCCCC1)NCCCOC1CCCc2ccccc21. The monoisotopic (exact) mass is 386 g/mol. The van der Waals surface area contributed by atoms with Gasteiger partial charge in [-0.3, -0.25) is 9.59 Å². The van der Waals surface area contributed by atoms with Gasteiger partial charge in [0.1, 0.15) is 0 Å². The van der Waals surface area contributed by atoms with Crippen molar-refractivity contribution in [1.29, 1.82) is 0 Å². The molecule has 3 rings (SSSR count). The molecule has 1 unspecified atom stereocenters. The summed E-state index contributed by atoms with van der Waals surface area (Å²) >= 11 is 0. The molecule has 2 aliphatic carbocycles. The van der Waals surface area contributed by atoms with E-state index >= 15 is 0 Å². The predicted molar refractivity (Wildman–Crippen MR) is 110 cm³/mol. The fraction of sp³-hybridized carbons (Fsp3) is 0.652. The van der Waals surface area contributed by atoms with Crippen LogP contribution in [0.4, 0.5) is 0 Å². The summed E-state index contributed by atoms with van der Waals surface area (Å²) in [5.41, 5.74) is 2.73. The van der Waals surface area contributed by atoms with Crippen molar-refractivity contribution in [3.8, 4) is 0 Å². The third-order valence-corrected chi connectivity index (χ3v) is 5.90. The summed E-state index contributed by atoms with van der Waals surface area (Å²) in [5, 5.41) is 5.84. The molecule has 1 fully saturated rings. The first kappa shape index (κ1) is 20.8. The first-order chi connectivity index (χ1) is 13.7. The van der Waals surface area contributed by atoms with E-state index in [1.807, 2.05) is 0 Å². The van der Waals surface area contributed by atoms with Crippen molar-refractivity contribution in [3.05, 3.63) is 35.4 Å². The van der Waals surface area contributed by atoms with Crippen molar-refractivity contribution in [2.75, 3.05) is 19.7 Å². The van der Waals surface area contributed by atoms with E-state index < -0.39 is 0 Å². The molecule has 154 valence electrons. The number of carbonyl (C=O) groups is 2. The highest BCUT2D eigenvalue weighted by atomic mass is 16.5. The molecule has 5 heteroatoms. The molecule has 5 nitrogen and oxygen atoms in total. The van der Waals surface area contributed by atoms with Gasteiger partial charge in [0.05, 0.1) is 6.10 Å². The van der Waals surface area contributed by atoms with Gasteiger partial charge in [-0.05, 0) is 49.7 Å². The van der Waals surface area contributed by atoms with Crippen LogP contribution in [-0.2, 0) is 20.7 Å². The van der Waals surface area contributed by atoms with Crippen molar-refractivity contribution >= 4 is 11.8 Å². The van der Waals surface area contributed by atoms with Crippen molar-refractivity contribution in [1.82, 2.24) is 10.6 Å². The Morgan fingerprint density at radius 2 is 1.79 bits per heavy atom. The summed E-state index contributed by atoms with van der Waals surface area (Å²) in [6.45, 7) is 1.69. The normalized spacial score (nSPS) is 19.6. The molecular formula is C23H34N2O3. The minimum Gasteiger partial charge on any atom is -0.373 e. The molecule has 0 aromatic heterocycles. The summed E-state index contributed by atoms with van der Waals surface area (Å²) in [5.74, 6) is 0.263.